The fraction of sp³-hybridized carbons (Fsp3) is 0.100. The first-order valence-electron chi connectivity index (χ1n) is 8.29. The van der Waals surface area contributed by atoms with Crippen LogP contribution in [-0.4, -0.2) is 15.5 Å². The number of hydrogen-bond acceptors (Lipinski definition) is 3. The lowest BCUT2D eigenvalue weighted by atomic mass is 10.2. The lowest BCUT2D eigenvalue weighted by molar-refractivity contribution is 0.0942. The molecule has 3 heterocycles. The van der Waals surface area contributed by atoms with Gasteiger partial charge in [0.1, 0.15) is 11.5 Å². The van der Waals surface area contributed by atoms with Gasteiger partial charge in [-0.25, -0.2) is 4.39 Å². The molecule has 0 radical (unpaired) electrons. The van der Waals surface area contributed by atoms with E-state index in [1.165, 1.54) is 12.1 Å². The van der Waals surface area contributed by atoms with Crippen molar-refractivity contribution in [3.8, 4) is 0 Å². The van der Waals surface area contributed by atoms with Gasteiger partial charge in [0.05, 0.1) is 14.7 Å². The predicted molar refractivity (Wildman–Crippen MR) is 108 cm³/mol. The van der Waals surface area contributed by atoms with Gasteiger partial charge in [0, 0.05) is 30.9 Å². The van der Waals surface area contributed by atoms with Crippen molar-refractivity contribution in [3.63, 3.8) is 0 Å². The Hall–Kier alpha value is -2.51. The molecule has 0 saturated heterocycles. The second-order valence-electron chi connectivity index (χ2n) is 6.08. The van der Waals surface area contributed by atoms with Gasteiger partial charge in [0.15, 0.2) is 0 Å². The topological polar surface area (TPSA) is 46.9 Å². The average molecular weight is 444 g/mol. The van der Waals surface area contributed by atoms with E-state index < -0.39 is 0 Å². The summed E-state index contributed by atoms with van der Waals surface area (Å²) < 4.78 is 17.1. The van der Waals surface area contributed by atoms with Gasteiger partial charge in [0.25, 0.3) is 5.91 Å². The minimum absolute atomic E-state index is 0.156. The van der Waals surface area contributed by atoms with E-state index in [0.717, 1.165) is 25.8 Å². The van der Waals surface area contributed by atoms with E-state index in [0.29, 0.717) is 18.8 Å². The van der Waals surface area contributed by atoms with Crippen LogP contribution in [0.3, 0.4) is 0 Å². The Morgan fingerprint density at radius 3 is 2.78 bits per heavy atom. The first kappa shape index (κ1) is 17.9. The average Bonchev–Trinajstić information content (AvgIpc) is 3.23. The molecule has 1 amide bonds. The van der Waals surface area contributed by atoms with Gasteiger partial charge >= 0.3 is 0 Å². The maximum atomic E-state index is 13.2. The fourth-order valence-electron chi connectivity index (χ4n) is 2.93. The summed E-state index contributed by atoms with van der Waals surface area (Å²) in [6.07, 6.45) is 3.43. The third-order valence-corrected chi connectivity index (χ3v) is 6.07. The molecule has 0 fully saturated rings. The molecule has 0 saturated carbocycles. The number of carbonyl (C=O) groups excluding carboxylic acids is 1. The number of hydrogen-bond donors (Lipinski definition) is 1. The van der Waals surface area contributed by atoms with Gasteiger partial charge in [0.2, 0.25) is 0 Å². The lowest BCUT2D eigenvalue weighted by Gasteiger charge is -2.11. The molecule has 0 atom stereocenters. The predicted octanol–water partition coefficient (Wildman–Crippen LogP) is 4.98. The van der Waals surface area contributed by atoms with Gasteiger partial charge in [-0.3, -0.25) is 9.78 Å². The molecule has 0 unspecified atom stereocenters. The summed E-state index contributed by atoms with van der Waals surface area (Å²) in [5.41, 5.74) is 3.40. The Bertz CT molecular complexity index is 1090. The van der Waals surface area contributed by atoms with E-state index >= 15 is 0 Å². The molecular weight excluding hydrogens is 429 g/mol. The SMILES string of the molecule is O=C(NCc1cccnc1)c1cc2scc(Br)c2n1Cc1ccc(F)cc1. The van der Waals surface area contributed by atoms with Crippen LogP contribution in [0.5, 0.6) is 0 Å². The van der Waals surface area contributed by atoms with Crippen LogP contribution >= 0.6 is 27.3 Å². The molecule has 0 spiro atoms. The molecule has 0 aliphatic rings. The van der Waals surface area contributed by atoms with E-state index in [9.17, 15) is 9.18 Å². The summed E-state index contributed by atoms with van der Waals surface area (Å²) in [5.74, 6) is -0.432. The quantitative estimate of drug-likeness (QED) is 0.472. The van der Waals surface area contributed by atoms with Crippen LogP contribution in [0.2, 0.25) is 0 Å². The molecule has 4 nitrogen and oxygen atoms in total. The molecule has 4 rings (SSSR count). The molecule has 0 aliphatic heterocycles. The molecule has 1 N–H and O–H groups in total. The fourth-order valence-corrected chi connectivity index (χ4v) is 4.62. The second-order valence-corrected chi connectivity index (χ2v) is 7.85. The van der Waals surface area contributed by atoms with Crippen LogP contribution in [0.25, 0.3) is 10.2 Å². The van der Waals surface area contributed by atoms with Crippen molar-refractivity contribution in [3.05, 3.63) is 87.3 Å². The zero-order valence-electron chi connectivity index (χ0n) is 14.2. The first-order chi connectivity index (χ1) is 13.1. The summed E-state index contributed by atoms with van der Waals surface area (Å²) in [6.45, 7) is 0.887. The van der Waals surface area contributed by atoms with E-state index in [4.69, 9.17) is 0 Å². The number of fused-ring (bicyclic) bond motifs is 1. The number of rotatable bonds is 5. The van der Waals surface area contributed by atoms with Crippen molar-refractivity contribution in [1.29, 1.82) is 0 Å². The largest absolute Gasteiger partial charge is 0.347 e. The van der Waals surface area contributed by atoms with Crippen LogP contribution in [0.4, 0.5) is 4.39 Å². The summed E-state index contributed by atoms with van der Waals surface area (Å²) in [7, 11) is 0. The summed E-state index contributed by atoms with van der Waals surface area (Å²) in [6, 6.07) is 12.0. The summed E-state index contributed by atoms with van der Waals surface area (Å²) in [5, 5.41) is 4.95. The highest BCUT2D eigenvalue weighted by Gasteiger charge is 2.19. The van der Waals surface area contributed by atoms with Crippen molar-refractivity contribution in [2.45, 2.75) is 13.1 Å². The van der Waals surface area contributed by atoms with Gasteiger partial charge in [-0.2, -0.15) is 0 Å². The van der Waals surface area contributed by atoms with Gasteiger partial charge < -0.3 is 9.88 Å². The molecule has 4 aromatic rings. The number of thiophene rings is 1. The van der Waals surface area contributed by atoms with Gasteiger partial charge in [-0.1, -0.05) is 18.2 Å². The Balaban J connectivity index is 1.65. The van der Waals surface area contributed by atoms with Crippen LogP contribution in [0, 0.1) is 5.82 Å². The maximum Gasteiger partial charge on any atom is 0.268 e. The summed E-state index contributed by atoms with van der Waals surface area (Å²) in [4.78, 5) is 16.9. The smallest absolute Gasteiger partial charge is 0.268 e. The molecular formula is C20H15BrFN3OS. The molecule has 27 heavy (non-hydrogen) atoms. The Labute approximate surface area is 167 Å². The van der Waals surface area contributed by atoms with Crippen molar-refractivity contribution >= 4 is 43.4 Å². The normalized spacial score (nSPS) is 11.0. The highest BCUT2D eigenvalue weighted by molar-refractivity contribution is 9.10. The molecule has 0 aliphatic carbocycles. The number of nitrogens with one attached hydrogen (secondary N) is 1. The Morgan fingerprint density at radius 1 is 1.22 bits per heavy atom. The van der Waals surface area contributed by atoms with E-state index in [-0.39, 0.29) is 11.7 Å². The van der Waals surface area contributed by atoms with Crippen molar-refractivity contribution < 1.29 is 9.18 Å². The first-order valence-corrected chi connectivity index (χ1v) is 9.97. The number of halogens is 2. The number of amides is 1. The maximum absolute atomic E-state index is 13.2. The third-order valence-electron chi connectivity index (χ3n) is 4.24. The van der Waals surface area contributed by atoms with Crippen molar-refractivity contribution in [2.24, 2.45) is 0 Å². The van der Waals surface area contributed by atoms with Gasteiger partial charge in [-0.15, -0.1) is 11.3 Å². The zero-order chi connectivity index (χ0) is 18.8. The van der Waals surface area contributed by atoms with Crippen LogP contribution in [0.15, 0.2) is 64.7 Å². The van der Waals surface area contributed by atoms with Crippen LogP contribution in [0.1, 0.15) is 21.6 Å². The Morgan fingerprint density at radius 2 is 2.04 bits per heavy atom. The van der Waals surface area contributed by atoms with E-state index in [1.807, 2.05) is 28.1 Å². The highest BCUT2D eigenvalue weighted by atomic mass is 79.9. The van der Waals surface area contributed by atoms with Gasteiger partial charge in [-0.05, 0) is 51.3 Å². The molecule has 1 aromatic carbocycles. The molecule has 3 aromatic heterocycles. The zero-order valence-corrected chi connectivity index (χ0v) is 16.6. The summed E-state index contributed by atoms with van der Waals surface area (Å²) >= 11 is 5.15. The lowest BCUT2D eigenvalue weighted by Crippen LogP contribution is -2.25. The monoisotopic (exact) mass is 443 g/mol. The number of carbonyl (C=O) groups is 1. The van der Waals surface area contributed by atoms with Crippen LogP contribution < -0.4 is 5.32 Å². The van der Waals surface area contributed by atoms with Crippen molar-refractivity contribution in [1.82, 2.24) is 14.9 Å². The second kappa shape index (κ2) is 7.62. The van der Waals surface area contributed by atoms with Crippen LogP contribution in [-0.2, 0) is 13.1 Å². The van der Waals surface area contributed by atoms with Crippen molar-refractivity contribution in [2.75, 3.05) is 0 Å². The molecule has 7 heteroatoms. The number of pyridine rings is 1. The minimum atomic E-state index is -0.275. The third kappa shape index (κ3) is 3.79. The van der Waals surface area contributed by atoms with E-state index in [2.05, 4.69) is 26.2 Å². The number of nitrogens with zero attached hydrogens (tertiary/aromatic N) is 2. The minimum Gasteiger partial charge on any atom is -0.347 e. The highest BCUT2D eigenvalue weighted by Crippen LogP contribution is 2.33. The number of benzene rings is 1. The standard InChI is InChI=1S/C20H15BrFN3OS/c21-16-12-27-18-8-17(20(26)24-10-14-2-1-7-23-9-14)25(19(16)18)11-13-3-5-15(22)6-4-13/h1-9,12H,10-11H2,(H,24,26). The number of aromatic nitrogens is 2. The molecule has 0 bridgehead atoms. The van der Waals surface area contributed by atoms with E-state index in [1.54, 1.807) is 35.9 Å². The molecule has 136 valence electrons. The Kier molecular flexibility index (Phi) is 5.05.